The maximum Gasteiger partial charge on any atom is 0.251 e. The Morgan fingerprint density at radius 3 is 2.16 bits per heavy atom. The van der Waals surface area contributed by atoms with Crippen molar-refractivity contribution in [2.75, 3.05) is 5.32 Å². The van der Waals surface area contributed by atoms with Crippen molar-refractivity contribution in [2.24, 2.45) is 0 Å². The Bertz CT molecular complexity index is 1310. The third kappa shape index (κ3) is 7.47. The smallest absolute Gasteiger partial charge is 0.251 e. The first kappa shape index (κ1) is 26.5. The zero-order valence-corrected chi connectivity index (χ0v) is 21.1. The Kier molecular flexibility index (Phi) is 8.68. The van der Waals surface area contributed by atoms with Gasteiger partial charge in [0.1, 0.15) is 11.9 Å². The van der Waals surface area contributed by atoms with E-state index in [1.165, 1.54) is 48.5 Å². The Labute approximate surface area is 216 Å². The zero-order chi connectivity index (χ0) is 26.3. The van der Waals surface area contributed by atoms with E-state index in [1.54, 1.807) is 0 Å². The number of nitrogens with one attached hydrogen (secondary N) is 3. The van der Waals surface area contributed by atoms with Gasteiger partial charge in [-0.25, -0.2) is 17.5 Å². The number of anilines is 1. The van der Waals surface area contributed by atoms with E-state index in [0.717, 1.165) is 37.7 Å². The van der Waals surface area contributed by atoms with Gasteiger partial charge in [-0.2, -0.15) is 0 Å². The average Bonchev–Trinajstić information content (AvgIpc) is 2.90. The van der Waals surface area contributed by atoms with Crippen molar-refractivity contribution in [1.82, 2.24) is 10.0 Å². The van der Waals surface area contributed by atoms with Gasteiger partial charge in [-0.15, -0.1) is 0 Å². The number of halogens is 1. The fourth-order valence-electron chi connectivity index (χ4n) is 4.36. The molecule has 7 nitrogen and oxygen atoms in total. The predicted molar refractivity (Wildman–Crippen MR) is 140 cm³/mol. The van der Waals surface area contributed by atoms with Gasteiger partial charge in [0.15, 0.2) is 0 Å². The summed E-state index contributed by atoms with van der Waals surface area (Å²) in [6.07, 6.45) is 5.05. The minimum Gasteiger partial charge on any atom is -0.340 e. The molecular formula is C28H30FN3O4S. The maximum atomic E-state index is 13.3. The van der Waals surface area contributed by atoms with Crippen molar-refractivity contribution >= 4 is 27.5 Å². The first-order valence-corrected chi connectivity index (χ1v) is 13.8. The molecule has 0 aromatic heterocycles. The highest BCUT2D eigenvalue weighted by molar-refractivity contribution is 7.89. The fourth-order valence-corrected chi connectivity index (χ4v) is 5.66. The summed E-state index contributed by atoms with van der Waals surface area (Å²) in [7, 11) is -3.66. The molecule has 3 aromatic rings. The lowest BCUT2D eigenvalue weighted by Crippen LogP contribution is -2.45. The Balaban J connectivity index is 1.45. The quantitative estimate of drug-likeness (QED) is 0.386. The number of hydrogen-bond acceptors (Lipinski definition) is 4. The summed E-state index contributed by atoms with van der Waals surface area (Å²) in [5.74, 6) is -1.43. The SMILES string of the molecule is O=C(NC(Cc1ccccc1)C(=O)Nc1ccc(S(=O)(=O)NC2CCCCC2)cc1)c1ccc(F)cc1. The molecule has 0 radical (unpaired) electrons. The molecule has 3 N–H and O–H groups in total. The van der Waals surface area contributed by atoms with Crippen LogP contribution in [-0.2, 0) is 21.2 Å². The van der Waals surface area contributed by atoms with Crippen LogP contribution in [0.2, 0.25) is 0 Å². The number of amides is 2. The second kappa shape index (κ2) is 12.1. The summed E-state index contributed by atoms with van der Waals surface area (Å²) in [5.41, 5.74) is 1.47. The molecule has 2 amide bonds. The molecule has 1 unspecified atom stereocenters. The molecule has 1 fully saturated rings. The molecule has 0 saturated heterocycles. The molecule has 1 aliphatic rings. The van der Waals surface area contributed by atoms with Gasteiger partial charge >= 0.3 is 0 Å². The van der Waals surface area contributed by atoms with Gasteiger partial charge in [0.2, 0.25) is 15.9 Å². The lowest BCUT2D eigenvalue weighted by Gasteiger charge is -2.22. The third-order valence-electron chi connectivity index (χ3n) is 6.37. The molecule has 3 aromatic carbocycles. The Hall–Kier alpha value is -3.56. The van der Waals surface area contributed by atoms with E-state index >= 15 is 0 Å². The van der Waals surface area contributed by atoms with Crippen LogP contribution in [-0.4, -0.2) is 32.3 Å². The Morgan fingerprint density at radius 1 is 0.865 bits per heavy atom. The summed E-state index contributed by atoms with van der Waals surface area (Å²) >= 11 is 0. The molecule has 0 heterocycles. The first-order valence-electron chi connectivity index (χ1n) is 12.3. The van der Waals surface area contributed by atoms with E-state index in [-0.39, 0.29) is 22.9 Å². The minimum atomic E-state index is -3.66. The van der Waals surface area contributed by atoms with Crippen LogP contribution in [0.5, 0.6) is 0 Å². The average molecular weight is 524 g/mol. The van der Waals surface area contributed by atoms with E-state index < -0.39 is 33.7 Å². The lowest BCUT2D eigenvalue weighted by molar-refractivity contribution is -0.118. The van der Waals surface area contributed by atoms with Gasteiger partial charge in [0.05, 0.1) is 4.90 Å². The number of carbonyl (C=O) groups excluding carboxylic acids is 2. The van der Waals surface area contributed by atoms with Crippen LogP contribution in [0.1, 0.15) is 48.0 Å². The highest BCUT2D eigenvalue weighted by atomic mass is 32.2. The summed E-state index contributed by atoms with van der Waals surface area (Å²) in [5, 5.41) is 5.48. The summed E-state index contributed by atoms with van der Waals surface area (Å²) in [4.78, 5) is 26.0. The zero-order valence-electron chi connectivity index (χ0n) is 20.3. The fraction of sp³-hybridized carbons (Fsp3) is 0.286. The van der Waals surface area contributed by atoms with Gasteiger partial charge in [-0.1, -0.05) is 49.6 Å². The van der Waals surface area contributed by atoms with Crippen molar-refractivity contribution in [3.05, 3.63) is 95.8 Å². The summed E-state index contributed by atoms with van der Waals surface area (Å²) in [6.45, 7) is 0. The van der Waals surface area contributed by atoms with Gasteiger partial charge in [-0.3, -0.25) is 9.59 Å². The number of benzene rings is 3. The third-order valence-corrected chi connectivity index (χ3v) is 7.91. The second-order valence-corrected chi connectivity index (χ2v) is 10.9. The molecular weight excluding hydrogens is 493 g/mol. The predicted octanol–water partition coefficient (Wildman–Crippen LogP) is 4.42. The van der Waals surface area contributed by atoms with Gasteiger partial charge in [-0.05, 0) is 66.9 Å². The van der Waals surface area contributed by atoms with Crippen LogP contribution < -0.4 is 15.4 Å². The van der Waals surface area contributed by atoms with Crippen LogP contribution in [0.15, 0.2) is 83.8 Å². The number of rotatable bonds is 9. The highest BCUT2D eigenvalue weighted by Crippen LogP contribution is 2.21. The number of carbonyl (C=O) groups is 2. The molecule has 0 spiro atoms. The van der Waals surface area contributed by atoms with Crippen molar-refractivity contribution in [1.29, 1.82) is 0 Å². The molecule has 1 atom stereocenters. The number of hydrogen-bond donors (Lipinski definition) is 3. The van der Waals surface area contributed by atoms with Gasteiger partial charge in [0.25, 0.3) is 5.91 Å². The van der Waals surface area contributed by atoms with E-state index in [4.69, 9.17) is 0 Å². The summed E-state index contributed by atoms with van der Waals surface area (Å²) in [6, 6.07) is 19.3. The van der Waals surface area contributed by atoms with Gasteiger partial charge in [0, 0.05) is 23.7 Å². The monoisotopic (exact) mass is 523 g/mol. The van der Waals surface area contributed by atoms with E-state index in [9.17, 15) is 22.4 Å². The van der Waals surface area contributed by atoms with Crippen molar-refractivity contribution in [3.8, 4) is 0 Å². The standard InChI is InChI=1S/C28H30FN3O4S/c29-22-13-11-21(12-14-22)27(33)31-26(19-20-7-3-1-4-8-20)28(34)30-23-15-17-25(18-16-23)37(35,36)32-24-9-5-2-6-10-24/h1,3-4,7-8,11-18,24,26,32H,2,5-6,9-10,19H2,(H,30,34)(H,31,33). The van der Waals surface area contributed by atoms with Crippen LogP contribution in [0.3, 0.4) is 0 Å². The van der Waals surface area contributed by atoms with Gasteiger partial charge < -0.3 is 10.6 Å². The minimum absolute atomic E-state index is 0.0541. The summed E-state index contributed by atoms with van der Waals surface area (Å²) < 4.78 is 41.5. The topological polar surface area (TPSA) is 104 Å². The first-order chi connectivity index (χ1) is 17.8. The molecule has 37 heavy (non-hydrogen) atoms. The van der Waals surface area contributed by atoms with E-state index in [1.807, 2.05) is 30.3 Å². The van der Waals surface area contributed by atoms with Crippen LogP contribution in [0, 0.1) is 5.82 Å². The molecule has 9 heteroatoms. The molecule has 194 valence electrons. The van der Waals surface area contributed by atoms with Crippen molar-refractivity contribution < 1.29 is 22.4 Å². The van der Waals surface area contributed by atoms with Crippen molar-refractivity contribution in [3.63, 3.8) is 0 Å². The van der Waals surface area contributed by atoms with Crippen LogP contribution in [0.4, 0.5) is 10.1 Å². The maximum absolute atomic E-state index is 13.3. The lowest BCUT2D eigenvalue weighted by atomic mass is 9.96. The molecule has 4 rings (SSSR count). The van der Waals surface area contributed by atoms with Crippen molar-refractivity contribution in [2.45, 2.75) is 55.5 Å². The Morgan fingerprint density at radius 2 is 1.51 bits per heavy atom. The molecule has 1 aliphatic carbocycles. The molecule has 0 bridgehead atoms. The molecule has 1 saturated carbocycles. The van der Waals surface area contributed by atoms with E-state index in [0.29, 0.717) is 5.69 Å². The number of sulfonamides is 1. The van der Waals surface area contributed by atoms with E-state index in [2.05, 4.69) is 15.4 Å². The normalized spacial score (nSPS) is 15.1. The largest absolute Gasteiger partial charge is 0.340 e. The second-order valence-electron chi connectivity index (χ2n) is 9.19. The molecule has 0 aliphatic heterocycles. The van der Waals surface area contributed by atoms with Crippen LogP contribution >= 0.6 is 0 Å². The highest BCUT2D eigenvalue weighted by Gasteiger charge is 2.24. The van der Waals surface area contributed by atoms with Crippen LogP contribution in [0.25, 0.3) is 0 Å².